The molecule has 0 atom stereocenters. The van der Waals surface area contributed by atoms with Crippen LogP contribution in [0.3, 0.4) is 0 Å². The molecule has 7 heteroatoms. The highest BCUT2D eigenvalue weighted by molar-refractivity contribution is 8.18. The smallest absolute Gasteiger partial charge is 0.279 e. The quantitative estimate of drug-likeness (QED) is 0.820. The van der Waals surface area contributed by atoms with Crippen molar-refractivity contribution in [2.24, 2.45) is 4.99 Å². The maximum Gasteiger partial charge on any atom is 0.279 e. The van der Waals surface area contributed by atoms with Crippen molar-refractivity contribution in [1.82, 2.24) is 5.32 Å². The van der Waals surface area contributed by atoms with Crippen molar-refractivity contribution in [2.75, 3.05) is 14.2 Å². The van der Waals surface area contributed by atoms with Gasteiger partial charge in [-0.25, -0.2) is 0 Å². The Morgan fingerprint density at radius 1 is 1.11 bits per heavy atom. The first kappa shape index (κ1) is 18.7. The van der Waals surface area contributed by atoms with Crippen molar-refractivity contribution in [2.45, 2.75) is 6.92 Å². The minimum atomic E-state index is -0.401. The zero-order chi connectivity index (χ0) is 19.4. The van der Waals surface area contributed by atoms with Crippen LogP contribution in [0.1, 0.15) is 21.5 Å². The number of methoxy groups -OCH3 is 2. The third kappa shape index (κ3) is 4.20. The summed E-state index contributed by atoms with van der Waals surface area (Å²) in [5.41, 5.74) is 2.22. The molecule has 1 aliphatic rings. The van der Waals surface area contributed by atoms with E-state index in [0.717, 1.165) is 22.9 Å². The van der Waals surface area contributed by atoms with Gasteiger partial charge in [0.25, 0.3) is 11.8 Å². The first-order valence-corrected chi connectivity index (χ1v) is 8.95. The Morgan fingerprint density at radius 2 is 1.78 bits per heavy atom. The molecule has 0 unspecified atom stereocenters. The van der Waals surface area contributed by atoms with Gasteiger partial charge in [0.05, 0.1) is 19.1 Å². The molecule has 0 aromatic heterocycles. The minimum Gasteiger partial charge on any atom is -0.493 e. The number of benzene rings is 2. The summed E-state index contributed by atoms with van der Waals surface area (Å²) in [4.78, 5) is 28.9. The van der Waals surface area contributed by atoms with Gasteiger partial charge in [-0.15, -0.1) is 0 Å². The van der Waals surface area contributed by atoms with Gasteiger partial charge in [0.2, 0.25) is 0 Å². The summed E-state index contributed by atoms with van der Waals surface area (Å²) >= 11 is 1.13. The molecule has 0 spiro atoms. The lowest BCUT2D eigenvalue weighted by molar-refractivity contribution is -0.115. The van der Waals surface area contributed by atoms with Gasteiger partial charge in [0, 0.05) is 5.56 Å². The fraction of sp³-hybridized carbons (Fsp3) is 0.150. The zero-order valence-electron chi connectivity index (χ0n) is 15.1. The van der Waals surface area contributed by atoms with Crippen LogP contribution in [-0.2, 0) is 4.79 Å². The summed E-state index contributed by atoms with van der Waals surface area (Å²) in [5, 5.41) is 2.89. The molecular weight excluding hydrogens is 364 g/mol. The molecule has 27 heavy (non-hydrogen) atoms. The van der Waals surface area contributed by atoms with Crippen LogP contribution in [-0.4, -0.2) is 31.2 Å². The fourth-order valence-corrected chi connectivity index (χ4v) is 3.32. The van der Waals surface area contributed by atoms with Crippen LogP contribution in [0, 0.1) is 6.92 Å². The van der Waals surface area contributed by atoms with E-state index in [2.05, 4.69) is 10.3 Å². The molecule has 3 rings (SSSR count). The van der Waals surface area contributed by atoms with Gasteiger partial charge in [-0.2, -0.15) is 4.99 Å². The lowest BCUT2D eigenvalue weighted by Crippen LogP contribution is -2.20. The molecule has 1 fully saturated rings. The largest absolute Gasteiger partial charge is 0.493 e. The highest BCUT2D eigenvalue weighted by atomic mass is 32.2. The highest BCUT2D eigenvalue weighted by Gasteiger charge is 2.25. The Kier molecular flexibility index (Phi) is 5.61. The van der Waals surface area contributed by atoms with Crippen molar-refractivity contribution >= 4 is 34.8 Å². The molecule has 0 aliphatic carbocycles. The van der Waals surface area contributed by atoms with Crippen molar-refractivity contribution in [3.05, 3.63) is 64.1 Å². The van der Waals surface area contributed by atoms with Gasteiger partial charge >= 0.3 is 0 Å². The Morgan fingerprint density at radius 3 is 2.44 bits per heavy atom. The van der Waals surface area contributed by atoms with Gasteiger partial charge in [-0.1, -0.05) is 18.2 Å². The van der Waals surface area contributed by atoms with Crippen molar-refractivity contribution < 1.29 is 19.1 Å². The molecule has 0 saturated carbocycles. The molecule has 2 amide bonds. The summed E-state index contributed by atoms with van der Waals surface area (Å²) in [6.07, 6.45) is 1.74. The number of carbonyl (C=O) groups is 2. The number of carbonyl (C=O) groups excluding carboxylic acids is 2. The van der Waals surface area contributed by atoms with E-state index in [1.54, 1.807) is 50.6 Å². The molecule has 6 nitrogen and oxygen atoms in total. The fourth-order valence-electron chi connectivity index (χ4n) is 2.51. The number of thioether (sulfide) groups is 1. The Hall–Kier alpha value is -3.06. The van der Waals surface area contributed by atoms with E-state index in [-0.39, 0.29) is 11.1 Å². The maximum atomic E-state index is 12.2. The molecule has 1 heterocycles. The van der Waals surface area contributed by atoms with E-state index < -0.39 is 5.91 Å². The maximum absolute atomic E-state index is 12.2. The highest BCUT2D eigenvalue weighted by Crippen LogP contribution is 2.33. The van der Waals surface area contributed by atoms with E-state index in [1.165, 1.54) is 0 Å². The van der Waals surface area contributed by atoms with Gasteiger partial charge in [0.1, 0.15) is 0 Å². The van der Waals surface area contributed by atoms with E-state index in [0.29, 0.717) is 22.0 Å². The number of nitrogens with one attached hydrogen (secondary N) is 1. The molecule has 1 saturated heterocycles. The molecule has 0 radical (unpaired) electrons. The topological polar surface area (TPSA) is 77.0 Å². The second kappa shape index (κ2) is 8.09. The molecule has 138 valence electrons. The number of hydrogen-bond acceptors (Lipinski definition) is 5. The van der Waals surface area contributed by atoms with Crippen molar-refractivity contribution in [3.63, 3.8) is 0 Å². The number of rotatable bonds is 4. The summed E-state index contributed by atoms with van der Waals surface area (Å²) < 4.78 is 10.6. The number of hydrogen-bond donors (Lipinski definition) is 1. The second-order valence-corrected chi connectivity index (χ2v) is 6.75. The van der Waals surface area contributed by atoms with Gasteiger partial charge in [-0.3, -0.25) is 9.59 Å². The zero-order valence-corrected chi connectivity index (χ0v) is 15.9. The number of amides is 2. The monoisotopic (exact) mass is 382 g/mol. The number of aryl methyl sites for hydroxylation is 1. The standard InChI is InChI=1S/C20H18N2O4S/c1-12-9-15(25-2)16(26-3)10-14(12)11-17-19(24)22-20(27-17)21-18(23)13-7-5-4-6-8-13/h4-11H,1-3H3,(H,21,22,23,24)/b17-11-. The Labute approximate surface area is 161 Å². The predicted octanol–water partition coefficient (Wildman–Crippen LogP) is 3.41. The minimum absolute atomic E-state index is 0.262. The number of ether oxygens (including phenoxy) is 2. The first-order chi connectivity index (χ1) is 13.0. The normalized spacial score (nSPS) is 16.5. The molecule has 1 aliphatic heterocycles. The Bertz CT molecular complexity index is 952. The molecule has 2 aromatic rings. The summed E-state index contributed by atoms with van der Waals surface area (Å²) in [7, 11) is 3.13. The van der Waals surface area contributed by atoms with Crippen molar-refractivity contribution in [3.8, 4) is 11.5 Å². The SMILES string of the molecule is COc1cc(C)c(/C=C2\SC(=NC(=O)c3ccccc3)NC2=O)cc1OC. The lowest BCUT2D eigenvalue weighted by atomic mass is 10.1. The van der Waals surface area contributed by atoms with Crippen LogP contribution in [0.5, 0.6) is 11.5 Å². The van der Waals surface area contributed by atoms with Crippen LogP contribution >= 0.6 is 11.8 Å². The van der Waals surface area contributed by atoms with Crippen LogP contribution in [0.25, 0.3) is 6.08 Å². The van der Waals surface area contributed by atoms with Gasteiger partial charge < -0.3 is 14.8 Å². The second-order valence-electron chi connectivity index (χ2n) is 5.72. The number of amidine groups is 1. The van der Waals surface area contributed by atoms with Crippen LogP contribution in [0.4, 0.5) is 0 Å². The van der Waals surface area contributed by atoms with Crippen LogP contribution < -0.4 is 14.8 Å². The van der Waals surface area contributed by atoms with Gasteiger partial charge in [0.15, 0.2) is 16.7 Å². The average Bonchev–Trinajstić information content (AvgIpc) is 3.02. The van der Waals surface area contributed by atoms with E-state index >= 15 is 0 Å². The third-order valence-corrected chi connectivity index (χ3v) is 4.84. The summed E-state index contributed by atoms with van der Waals surface area (Å²) in [6.45, 7) is 1.92. The van der Waals surface area contributed by atoms with E-state index in [1.807, 2.05) is 19.1 Å². The molecule has 1 N–H and O–H groups in total. The predicted molar refractivity (Wildman–Crippen MR) is 106 cm³/mol. The number of nitrogens with zero attached hydrogens (tertiary/aromatic N) is 1. The molecular formula is C20H18N2O4S. The third-order valence-electron chi connectivity index (χ3n) is 3.93. The van der Waals surface area contributed by atoms with Gasteiger partial charge in [-0.05, 0) is 60.2 Å². The van der Waals surface area contributed by atoms with E-state index in [9.17, 15) is 9.59 Å². The lowest BCUT2D eigenvalue weighted by Gasteiger charge is -2.10. The van der Waals surface area contributed by atoms with E-state index in [4.69, 9.17) is 9.47 Å². The number of aliphatic imine (C=N–C) groups is 1. The molecule has 0 bridgehead atoms. The Balaban J connectivity index is 1.86. The van der Waals surface area contributed by atoms with Crippen molar-refractivity contribution in [1.29, 1.82) is 0 Å². The average molecular weight is 382 g/mol. The van der Waals surface area contributed by atoms with Crippen LogP contribution in [0.15, 0.2) is 52.4 Å². The summed E-state index contributed by atoms with van der Waals surface area (Å²) in [6, 6.07) is 12.4. The van der Waals surface area contributed by atoms with Crippen LogP contribution in [0.2, 0.25) is 0 Å². The summed E-state index contributed by atoms with van der Waals surface area (Å²) in [5.74, 6) is 0.499. The molecule has 2 aromatic carbocycles. The first-order valence-electron chi connectivity index (χ1n) is 8.13.